The van der Waals surface area contributed by atoms with E-state index < -0.39 is 0 Å². The first-order valence-electron chi connectivity index (χ1n) is 8.48. The van der Waals surface area contributed by atoms with Gasteiger partial charge in [0, 0.05) is 37.5 Å². The molecule has 0 aliphatic heterocycles. The second kappa shape index (κ2) is 8.45. The van der Waals surface area contributed by atoms with Crippen molar-refractivity contribution in [3.05, 3.63) is 85.1 Å². The summed E-state index contributed by atoms with van der Waals surface area (Å²) in [5.74, 6) is 0. The average molecular weight is 363 g/mol. The molecule has 5 heteroatoms. The lowest BCUT2D eigenvalue weighted by molar-refractivity contribution is 0.493. The zero-order valence-electron chi connectivity index (χ0n) is 14.8. The van der Waals surface area contributed by atoms with Gasteiger partial charge in [0.1, 0.15) is 0 Å². The second-order valence-corrected chi connectivity index (χ2v) is 6.37. The number of thiocarbonyl (C=S) groups is 1. The summed E-state index contributed by atoms with van der Waals surface area (Å²) in [4.78, 5) is 2.01. The van der Waals surface area contributed by atoms with Crippen LogP contribution < -0.4 is 5.32 Å². The molecule has 0 saturated carbocycles. The van der Waals surface area contributed by atoms with Gasteiger partial charge in [0.05, 0.1) is 11.4 Å². The molecule has 1 aromatic heterocycles. The van der Waals surface area contributed by atoms with Crippen LogP contribution in [0.4, 0.5) is 0 Å². The van der Waals surface area contributed by atoms with Crippen LogP contribution in [0, 0.1) is 0 Å². The van der Waals surface area contributed by atoms with Crippen LogP contribution >= 0.6 is 12.2 Å². The van der Waals surface area contributed by atoms with Gasteiger partial charge in [-0.1, -0.05) is 54.6 Å². The van der Waals surface area contributed by atoms with E-state index in [1.165, 1.54) is 0 Å². The highest BCUT2D eigenvalue weighted by atomic mass is 32.1. The number of benzene rings is 2. The van der Waals surface area contributed by atoms with Crippen LogP contribution in [-0.2, 0) is 6.54 Å². The van der Waals surface area contributed by atoms with E-state index in [9.17, 15) is 0 Å². The SMILES string of the molecule is C=CCNC(=S)N(C)Cc1cn(-c2ccccc2)nc1-c1ccccc1. The number of hydrogen-bond donors (Lipinski definition) is 1. The summed E-state index contributed by atoms with van der Waals surface area (Å²) in [5.41, 5.74) is 4.21. The van der Waals surface area contributed by atoms with Gasteiger partial charge in [-0.25, -0.2) is 4.68 Å². The lowest BCUT2D eigenvalue weighted by Gasteiger charge is -2.20. The Hall–Kier alpha value is -2.92. The number of rotatable bonds is 6. The van der Waals surface area contributed by atoms with Crippen molar-refractivity contribution in [3.63, 3.8) is 0 Å². The lowest BCUT2D eigenvalue weighted by Crippen LogP contribution is -2.36. The van der Waals surface area contributed by atoms with Gasteiger partial charge in [-0.3, -0.25) is 0 Å². The van der Waals surface area contributed by atoms with Gasteiger partial charge in [0.2, 0.25) is 0 Å². The highest BCUT2D eigenvalue weighted by Crippen LogP contribution is 2.24. The van der Waals surface area contributed by atoms with Crippen LogP contribution in [0.3, 0.4) is 0 Å². The summed E-state index contributed by atoms with van der Waals surface area (Å²) in [7, 11) is 1.98. The van der Waals surface area contributed by atoms with E-state index in [-0.39, 0.29) is 0 Å². The minimum Gasteiger partial charge on any atom is -0.359 e. The van der Waals surface area contributed by atoms with E-state index in [0.717, 1.165) is 22.5 Å². The Morgan fingerprint density at radius 2 is 1.81 bits per heavy atom. The maximum atomic E-state index is 5.44. The van der Waals surface area contributed by atoms with Crippen molar-refractivity contribution in [3.8, 4) is 16.9 Å². The van der Waals surface area contributed by atoms with E-state index in [4.69, 9.17) is 17.3 Å². The van der Waals surface area contributed by atoms with E-state index in [2.05, 4.69) is 30.2 Å². The fourth-order valence-electron chi connectivity index (χ4n) is 2.70. The molecule has 132 valence electrons. The third kappa shape index (κ3) is 4.18. The van der Waals surface area contributed by atoms with Crippen molar-refractivity contribution in [2.24, 2.45) is 0 Å². The first-order chi connectivity index (χ1) is 12.7. The molecule has 0 unspecified atom stereocenters. The maximum absolute atomic E-state index is 5.44. The largest absolute Gasteiger partial charge is 0.359 e. The topological polar surface area (TPSA) is 33.1 Å². The lowest BCUT2D eigenvalue weighted by atomic mass is 10.1. The second-order valence-electron chi connectivity index (χ2n) is 5.98. The molecule has 1 heterocycles. The molecule has 0 atom stereocenters. The molecule has 0 aliphatic carbocycles. The zero-order valence-corrected chi connectivity index (χ0v) is 15.6. The number of hydrogen-bond acceptors (Lipinski definition) is 2. The molecular formula is C21H22N4S. The number of nitrogens with zero attached hydrogens (tertiary/aromatic N) is 3. The summed E-state index contributed by atoms with van der Waals surface area (Å²) in [6.45, 7) is 5.03. The van der Waals surface area contributed by atoms with Crippen LogP contribution in [0.15, 0.2) is 79.5 Å². The summed E-state index contributed by atoms with van der Waals surface area (Å²) in [6, 6.07) is 20.4. The van der Waals surface area contributed by atoms with Crippen LogP contribution in [-0.4, -0.2) is 33.4 Å². The zero-order chi connectivity index (χ0) is 18.4. The molecule has 1 N–H and O–H groups in total. The predicted molar refractivity (Wildman–Crippen MR) is 111 cm³/mol. The summed E-state index contributed by atoms with van der Waals surface area (Å²) >= 11 is 5.44. The van der Waals surface area contributed by atoms with Crippen LogP contribution in [0.5, 0.6) is 0 Å². The fraction of sp³-hybridized carbons (Fsp3) is 0.143. The van der Waals surface area contributed by atoms with Crippen molar-refractivity contribution in [2.75, 3.05) is 13.6 Å². The molecule has 0 saturated heterocycles. The summed E-state index contributed by atoms with van der Waals surface area (Å²) in [5, 5.41) is 8.69. The predicted octanol–water partition coefficient (Wildman–Crippen LogP) is 4.03. The molecule has 0 bridgehead atoms. The third-order valence-corrected chi connectivity index (χ3v) is 4.47. The fourth-order valence-corrected chi connectivity index (χ4v) is 2.85. The van der Waals surface area contributed by atoms with Gasteiger partial charge < -0.3 is 10.2 Å². The molecule has 3 aromatic rings. The Labute approximate surface area is 159 Å². The van der Waals surface area contributed by atoms with Crippen molar-refractivity contribution in [2.45, 2.75) is 6.54 Å². The number of nitrogens with one attached hydrogen (secondary N) is 1. The molecular weight excluding hydrogens is 340 g/mol. The van der Waals surface area contributed by atoms with Gasteiger partial charge in [0.15, 0.2) is 5.11 Å². The average Bonchev–Trinajstić information content (AvgIpc) is 3.11. The number of aromatic nitrogens is 2. The van der Waals surface area contributed by atoms with Gasteiger partial charge >= 0.3 is 0 Å². The summed E-state index contributed by atoms with van der Waals surface area (Å²) < 4.78 is 1.92. The van der Waals surface area contributed by atoms with E-state index >= 15 is 0 Å². The van der Waals surface area contributed by atoms with Crippen LogP contribution in [0.1, 0.15) is 5.56 Å². The van der Waals surface area contributed by atoms with E-state index in [1.807, 2.05) is 65.2 Å². The van der Waals surface area contributed by atoms with Crippen LogP contribution in [0.25, 0.3) is 16.9 Å². The van der Waals surface area contributed by atoms with Crippen molar-refractivity contribution >= 4 is 17.3 Å². The quantitative estimate of drug-likeness (QED) is 0.530. The molecule has 0 fully saturated rings. The summed E-state index contributed by atoms with van der Waals surface area (Å²) in [6.07, 6.45) is 3.87. The van der Waals surface area contributed by atoms with Gasteiger partial charge in [-0.15, -0.1) is 6.58 Å². The molecule has 0 spiro atoms. The molecule has 2 aromatic carbocycles. The minimum atomic E-state index is 0.651. The highest BCUT2D eigenvalue weighted by Gasteiger charge is 2.15. The number of para-hydroxylation sites is 1. The maximum Gasteiger partial charge on any atom is 0.169 e. The first kappa shape index (κ1) is 17.9. The van der Waals surface area contributed by atoms with Crippen molar-refractivity contribution in [1.29, 1.82) is 0 Å². The van der Waals surface area contributed by atoms with Gasteiger partial charge in [0.25, 0.3) is 0 Å². The molecule has 0 amide bonds. The van der Waals surface area contributed by atoms with Crippen molar-refractivity contribution in [1.82, 2.24) is 20.0 Å². The van der Waals surface area contributed by atoms with Crippen molar-refractivity contribution < 1.29 is 0 Å². The first-order valence-corrected chi connectivity index (χ1v) is 8.89. The Morgan fingerprint density at radius 1 is 1.15 bits per heavy atom. The smallest absolute Gasteiger partial charge is 0.169 e. The Kier molecular flexibility index (Phi) is 5.81. The standard InChI is InChI=1S/C21H22N4S/c1-3-14-22-21(26)24(2)15-18-16-25(19-12-8-5-9-13-19)23-20(18)17-10-6-4-7-11-17/h3-13,16H,1,14-15H2,2H3,(H,22,26). The Bertz CT molecular complexity index is 872. The van der Waals surface area contributed by atoms with Gasteiger partial charge in [-0.2, -0.15) is 5.10 Å². The molecule has 3 rings (SSSR count). The minimum absolute atomic E-state index is 0.651. The van der Waals surface area contributed by atoms with E-state index in [0.29, 0.717) is 18.2 Å². The third-order valence-electron chi connectivity index (χ3n) is 4.01. The molecule has 4 nitrogen and oxygen atoms in total. The highest BCUT2D eigenvalue weighted by molar-refractivity contribution is 7.80. The van der Waals surface area contributed by atoms with Gasteiger partial charge in [-0.05, 0) is 24.4 Å². The van der Waals surface area contributed by atoms with Crippen LogP contribution in [0.2, 0.25) is 0 Å². The molecule has 26 heavy (non-hydrogen) atoms. The molecule has 0 aliphatic rings. The molecule has 0 radical (unpaired) electrons. The monoisotopic (exact) mass is 362 g/mol. The van der Waals surface area contributed by atoms with E-state index in [1.54, 1.807) is 6.08 Å². The Balaban J connectivity index is 1.93. The Morgan fingerprint density at radius 3 is 2.46 bits per heavy atom. The normalized spacial score (nSPS) is 10.3.